The summed E-state index contributed by atoms with van der Waals surface area (Å²) in [5.41, 5.74) is 6.99. The molecule has 0 radical (unpaired) electrons. The minimum absolute atomic E-state index is 0.546. The van der Waals surface area contributed by atoms with E-state index in [2.05, 4.69) is 5.10 Å². The molecule has 2 rings (SSSR count). The Kier molecular flexibility index (Phi) is 2.35. The Morgan fingerprint density at radius 2 is 2.07 bits per heavy atom. The number of hydrogen-bond acceptors (Lipinski definition) is 2. The maximum absolute atomic E-state index is 5.99. The summed E-state index contributed by atoms with van der Waals surface area (Å²) in [7, 11) is 0. The first-order valence-electron chi connectivity index (χ1n) is 3.93. The van der Waals surface area contributed by atoms with Crippen LogP contribution < -0.4 is 5.73 Å². The van der Waals surface area contributed by atoms with E-state index in [1.54, 1.807) is 29.1 Å². The van der Waals surface area contributed by atoms with Crippen LogP contribution >= 0.6 is 23.2 Å². The summed E-state index contributed by atoms with van der Waals surface area (Å²) in [4.78, 5) is 0. The van der Waals surface area contributed by atoms with Gasteiger partial charge in [0.25, 0.3) is 0 Å². The maximum atomic E-state index is 5.99. The fourth-order valence-electron chi connectivity index (χ4n) is 1.20. The van der Waals surface area contributed by atoms with E-state index in [-0.39, 0.29) is 0 Å². The molecule has 0 atom stereocenters. The van der Waals surface area contributed by atoms with Crippen LogP contribution in [-0.4, -0.2) is 9.78 Å². The van der Waals surface area contributed by atoms with E-state index < -0.39 is 0 Å². The molecule has 0 saturated heterocycles. The third-order valence-electron chi connectivity index (χ3n) is 1.80. The van der Waals surface area contributed by atoms with Gasteiger partial charge in [-0.25, -0.2) is 4.68 Å². The van der Waals surface area contributed by atoms with E-state index in [4.69, 9.17) is 28.9 Å². The molecule has 3 nitrogen and oxygen atoms in total. The molecule has 1 aromatic carbocycles. The average molecular weight is 228 g/mol. The van der Waals surface area contributed by atoms with E-state index in [0.29, 0.717) is 21.4 Å². The topological polar surface area (TPSA) is 43.8 Å². The number of halogens is 2. The minimum atomic E-state index is 0.546. The summed E-state index contributed by atoms with van der Waals surface area (Å²) in [6.45, 7) is 0. The van der Waals surface area contributed by atoms with Gasteiger partial charge in [0, 0.05) is 6.20 Å². The van der Waals surface area contributed by atoms with Crippen LogP contribution in [-0.2, 0) is 0 Å². The summed E-state index contributed by atoms with van der Waals surface area (Å²) >= 11 is 11.7. The van der Waals surface area contributed by atoms with Crippen molar-refractivity contribution in [2.45, 2.75) is 0 Å². The van der Waals surface area contributed by atoms with Crippen LogP contribution in [0.15, 0.2) is 30.6 Å². The van der Waals surface area contributed by atoms with E-state index in [0.717, 1.165) is 0 Å². The van der Waals surface area contributed by atoms with Gasteiger partial charge in [-0.1, -0.05) is 29.3 Å². The third-order valence-corrected chi connectivity index (χ3v) is 2.30. The molecule has 1 heterocycles. The molecule has 0 fully saturated rings. The monoisotopic (exact) mass is 227 g/mol. The molecular weight excluding hydrogens is 221 g/mol. The van der Waals surface area contributed by atoms with Gasteiger partial charge in [-0.15, -0.1) is 0 Å². The van der Waals surface area contributed by atoms with Crippen LogP contribution in [0.5, 0.6) is 0 Å². The predicted molar refractivity (Wildman–Crippen MR) is 58.0 cm³/mol. The number of nitrogen functional groups attached to an aromatic ring is 1. The van der Waals surface area contributed by atoms with Gasteiger partial charge in [-0.05, 0) is 12.1 Å². The summed E-state index contributed by atoms with van der Waals surface area (Å²) in [5.74, 6) is 0. The number of hydrogen-bond donors (Lipinski definition) is 1. The Morgan fingerprint density at radius 3 is 2.64 bits per heavy atom. The number of nitrogens with two attached hydrogens (primary N) is 1. The highest BCUT2D eigenvalue weighted by atomic mass is 35.5. The first kappa shape index (κ1) is 9.37. The van der Waals surface area contributed by atoms with Crippen LogP contribution in [0.3, 0.4) is 0 Å². The highest BCUT2D eigenvalue weighted by Gasteiger charge is 2.07. The molecule has 14 heavy (non-hydrogen) atoms. The number of rotatable bonds is 1. The van der Waals surface area contributed by atoms with Crippen molar-refractivity contribution in [1.29, 1.82) is 0 Å². The van der Waals surface area contributed by atoms with Crippen molar-refractivity contribution in [3.63, 3.8) is 0 Å². The lowest BCUT2D eigenvalue weighted by Crippen LogP contribution is -2.00. The van der Waals surface area contributed by atoms with Crippen molar-refractivity contribution in [3.05, 3.63) is 40.6 Å². The Hall–Kier alpha value is -1.19. The van der Waals surface area contributed by atoms with Crippen molar-refractivity contribution in [1.82, 2.24) is 9.78 Å². The van der Waals surface area contributed by atoms with Gasteiger partial charge in [0.15, 0.2) is 0 Å². The maximum Gasteiger partial charge on any atom is 0.106 e. The Balaban J connectivity index is 2.61. The Bertz CT molecular complexity index is 445. The molecule has 0 bridgehead atoms. The van der Waals surface area contributed by atoms with E-state index in [1.807, 2.05) is 0 Å². The molecule has 72 valence electrons. The van der Waals surface area contributed by atoms with Gasteiger partial charge in [-0.2, -0.15) is 5.10 Å². The van der Waals surface area contributed by atoms with E-state index in [1.165, 1.54) is 6.20 Å². The van der Waals surface area contributed by atoms with Gasteiger partial charge in [0.2, 0.25) is 0 Å². The van der Waals surface area contributed by atoms with Gasteiger partial charge < -0.3 is 5.73 Å². The fraction of sp³-hybridized carbons (Fsp3) is 0. The van der Waals surface area contributed by atoms with Crippen LogP contribution in [0.2, 0.25) is 10.0 Å². The number of benzene rings is 1. The normalized spacial score (nSPS) is 10.4. The first-order chi connectivity index (χ1) is 6.68. The van der Waals surface area contributed by atoms with E-state index >= 15 is 0 Å². The lowest BCUT2D eigenvalue weighted by Gasteiger charge is -2.06. The molecule has 5 heteroatoms. The SMILES string of the molecule is Nc1cccc(Cl)c1-n1cc(Cl)cn1. The zero-order chi connectivity index (χ0) is 10.1. The summed E-state index contributed by atoms with van der Waals surface area (Å²) < 4.78 is 1.56. The lowest BCUT2D eigenvalue weighted by molar-refractivity contribution is 0.883. The van der Waals surface area contributed by atoms with Crippen molar-refractivity contribution in [3.8, 4) is 5.69 Å². The zero-order valence-electron chi connectivity index (χ0n) is 7.11. The standard InChI is InChI=1S/C9H7Cl2N3/c10-6-4-13-14(5-6)9-7(11)2-1-3-8(9)12/h1-5H,12H2. The van der Waals surface area contributed by atoms with Crippen molar-refractivity contribution in [2.75, 3.05) is 5.73 Å². The summed E-state index contributed by atoms with van der Waals surface area (Å²) in [5, 5.41) is 5.12. The first-order valence-corrected chi connectivity index (χ1v) is 4.68. The van der Waals surface area contributed by atoms with Crippen molar-refractivity contribution >= 4 is 28.9 Å². The number of aromatic nitrogens is 2. The molecule has 0 aliphatic rings. The number of para-hydroxylation sites is 1. The van der Waals surface area contributed by atoms with E-state index in [9.17, 15) is 0 Å². The smallest absolute Gasteiger partial charge is 0.106 e. The Labute approximate surface area is 91.0 Å². The second-order valence-corrected chi connectivity index (χ2v) is 3.62. The molecule has 0 unspecified atom stereocenters. The summed E-state index contributed by atoms with van der Waals surface area (Å²) in [6, 6.07) is 5.30. The second-order valence-electron chi connectivity index (χ2n) is 2.78. The third kappa shape index (κ3) is 1.56. The van der Waals surface area contributed by atoms with Crippen LogP contribution in [0, 0.1) is 0 Å². The molecule has 0 aliphatic carbocycles. The highest BCUT2D eigenvalue weighted by molar-refractivity contribution is 6.33. The van der Waals surface area contributed by atoms with Gasteiger partial charge in [0.1, 0.15) is 5.69 Å². The summed E-state index contributed by atoms with van der Waals surface area (Å²) in [6.07, 6.45) is 3.18. The molecule has 0 spiro atoms. The predicted octanol–water partition coefficient (Wildman–Crippen LogP) is 2.76. The molecule has 2 aromatic rings. The molecular formula is C9H7Cl2N3. The van der Waals surface area contributed by atoms with Crippen LogP contribution in [0.25, 0.3) is 5.69 Å². The van der Waals surface area contributed by atoms with Crippen LogP contribution in [0.4, 0.5) is 5.69 Å². The van der Waals surface area contributed by atoms with Crippen molar-refractivity contribution in [2.24, 2.45) is 0 Å². The molecule has 0 amide bonds. The number of anilines is 1. The largest absolute Gasteiger partial charge is 0.397 e. The van der Waals surface area contributed by atoms with Gasteiger partial charge in [0.05, 0.1) is 21.9 Å². The molecule has 0 saturated carbocycles. The lowest BCUT2D eigenvalue weighted by atomic mass is 10.3. The Morgan fingerprint density at radius 1 is 1.29 bits per heavy atom. The van der Waals surface area contributed by atoms with Gasteiger partial charge in [-0.3, -0.25) is 0 Å². The molecule has 2 N–H and O–H groups in total. The van der Waals surface area contributed by atoms with Crippen molar-refractivity contribution < 1.29 is 0 Å². The van der Waals surface area contributed by atoms with Crippen LogP contribution in [0.1, 0.15) is 0 Å². The molecule has 1 aromatic heterocycles. The zero-order valence-corrected chi connectivity index (χ0v) is 8.63. The second kappa shape index (κ2) is 3.52. The molecule has 0 aliphatic heterocycles. The fourth-order valence-corrected chi connectivity index (χ4v) is 1.60. The van der Waals surface area contributed by atoms with Gasteiger partial charge >= 0.3 is 0 Å². The quantitative estimate of drug-likeness (QED) is 0.762. The average Bonchev–Trinajstić information content (AvgIpc) is 2.51. The minimum Gasteiger partial charge on any atom is -0.397 e. The number of nitrogens with zero attached hydrogens (tertiary/aromatic N) is 2. The highest BCUT2D eigenvalue weighted by Crippen LogP contribution is 2.26.